The highest BCUT2D eigenvalue weighted by atomic mass is 16.6. The van der Waals surface area contributed by atoms with Gasteiger partial charge in [0.1, 0.15) is 17.5 Å². The summed E-state index contributed by atoms with van der Waals surface area (Å²) in [4.78, 5) is 20.2. The summed E-state index contributed by atoms with van der Waals surface area (Å²) in [5.74, 6) is 0.852. The second kappa shape index (κ2) is 14.2. The summed E-state index contributed by atoms with van der Waals surface area (Å²) < 4.78 is 11.1. The van der Waals surface area contributed by atoms with Gasteiger partial charge in [-0.2, -0.15) is 0 Å². The molecular weight excluding hydrogens is 452 g/mol. The van der Waals surface area contributed by atoms with E-state index in [0.717, 1.165) is 69.1 Å². The molecule has 2 N–H and O–H groups in total. The molecule has 2 aromatic rings. The summed E-state index contributed by atoms with van der Waals surface area (Å²) >= 11 is 0. The summed E-state index contributed by atoms with van der Waals surface area (Å²) in [6, 6.07) is 13.8. The molecule has 1 unspecified atom stereocenters. The van der Waals surface area contributed by atoms with Crippen molar-refractivity contribution in [2.24, 2.45) is 0 Å². The molecule has 36 heavy (non-hydrogen) atoms. The molecule has 0 saturated carbocycles. The van der Waals surface area contributed by atoms with Crippen LogP contribution in [0, 0.1) is 0 Å². The number of benzene rings is 1. The zero-order valence-corrected chi connectivity index (χ0v) is 22.5. The first-order valence-electron chi connectivity index (χ1n) is 13.3. The van der Waals surface area contributed by atoms with Gasteiger partial charge in [0.2, 0.25) is 0 Å². The fourth-order valence-corrected chi connectivity index (χ4v) is 4.37. The van der Waals surface area contributed by atoms with Crippen LogP contribution in [0.3, 0.4) is 0 Å². The van der Waals surface area contributed by atoms with Gasteiger partial charge in [-0.05, 0) is 89.6 Å². The topological polar surface area (TPSA) is 75.7 Å². The van der Waals surface area contributed by atoms with Crippen LogP contribution in [0.1, 0.15) is 57.7 Å². The monoisotopic (exact) mass is 496 g/mol. The van der Waals surface area contributed by atoms with Gasteiger partial charge in [0.05, 0.1) is 6.61 Å². The van der Waals surface area contributed by atoms with Crippen molar-refractivity contribution in [3.05, 3.63) is 53.7 Å². The Balaban J connectivity index is 1.52. The Morgan fingerprint density at radius 2 is 1.92 bits per heavy atom. The van der Waals surface area contributed by atoms with Crippen molar-refractivity contribution >= 4 is 17.5 Å². The maximum Gasteiger partial charge on any atom is 0.329 e. The molecule has 1 aromatic heterocycles. The predicted molar refractivity (Wildman–Crippen MR) is 147 cm³/mol. The summed E-state index contributed by atoms with van der Waals surface area (Å²) in [5.41, 5.74) is 2.89. The van der Waals surface area contributed by atoms with Crippen LogP contribution >= 0.6 is 0 Å². The molecule has 1 aromatic carbocycles. The van der Waals surface area contributed by atoms with Crippen molar-refractivity contribution in [2.75, 3.05) is 50.5 Å². The number of aryl methyl sites for hydroxylation is 2. The van der Waals surface area contributed by atoms with E-state index in [2.05, 4.69) is 27.7 Å². The van der Waals surface area contributed by atoms with E-state index >= 15 is 0 Å². The van der Waals surface area contributed by atoms with Crippen molar-refractivity contribution in [1.29, 1.82) is 0 Å². The number of rotatable bonds is 14. The van der Waals surface area contributed by atoms with E-state index in [1.807, 2.05) is 51.1 Å². The predicted octanol–water partition coefficient (Wildman–Crippen LogP) is 4.92. The van der Waals surface area contributed by atoms with E-state index in [-0.39, 0.29) is 5.97 Å². The minimum atomic E-state index is -0.524. The van der Waals surface area contributed by atoms with Crippen LogP contribution < -0.4 is 10.6 Å². The average Bonchev–Trinajstić information content (AvgIpc) is 2.86. The molecule has 1 aliphatic heterocycles. The van der Waals surface area contributed by atoms with Crippen LogP contribution in [0.25, 0.3) is 0 Å². The Labute approximate surface area is 217 Å². The normalized spacial score (nSPS) is 14.1. The fraction of sp³-hybridized carbons (Fsp3) is 0.586. The Morgan fingerprint density at radius 3 is 2.67 bits per heavy atom. The van der Waals surface area contributed by atoms with Crippen LogP contribution in [0.2, 0.25) is 0 Å². The molecule has 1 aliphatic rings. The maximum absolute atomic E-state index is 13.0. The zero-order chi connectivity index (χ0) is 25.8. The molecule has 7 nitrogen and oxygen atoms in total. The number of unbranched alkanes of at least 4 members (excludes halogenated alkanes) is 1. The third-order valence-corrected chi connectivity index (χ3v) is 6.26. The van der Waals surface area contributed by atoms with Crippen LogP contribution in [0.4, 0.5) is 11.5 Å². The molecule has 0 fully saturated rings. The van der Waals surface area contributed by atoms with Crippen molar-refractivity contribution in [3.8, 4) is 0 Å². The highest BCUT2D eigenvalue weighted by Crippen LogP contribution is 2.20. The Hall–Kier alpha value is -2.64. The fourth-order valence-electron chi connectivity index (χ4n) is 4.37. The van der Waals surface area contributed by atoms with Crippen LogP contribution in [-0.2, 0) is 27.1 Å². The minimum absolute atomic E-state index is 0.217. The molecule has 0 aliphatic carbocycles. The van der Waals surface area contributed by atoms with Gasteiger partial charge in [0.15, 0.2) is 0 Å². The van der Waals surface area contributed by atoms with Crippen molar-refractivity contribution in [3.63, 3.8) is 0 Å². The van der Waals surface area contributed by atoms with E-state index < -0.39 is 11.6 Å². The number of carbonyl (C=O) groups is 1. The summed E-state index contributed by atoms with van der Waals surface area (Å²) in [6.45, 7) is 9.98. The van der Waals surface area contributed by atoms with Crippen LogP contribution in [0.5, 0.6) is 0 Å². The number of esters is 1. The third kappa shape index (κ3) is 9.78. The van der Waals surface area contributed by atoms with Gasteiger partial charge in [-0.1, -0.05) is 24.3 Å². The number of carbonyl (C=O) groups excluding carboxylic acids is 1. The number of aromatic nitrogens is 1. The maximum atomic E-state index is 13.0. The van der Waals surface area contributed by atoms with Gasteiger partial charge < -0.3 is 25.0 Å². The molecule has 7 heteroatoms. The highest BCUT2D eigenvalue weighted by Gasteiger charge is 2.25. The van der Waals surface area contributed by atoms with Gasteiger partial charge >= 0.3 is 5.97 Å². The molecule has 0 amide bonds. The number of ether oxygens (including phenoxy) is 2. The lowest BCUT2D eigenvalue weighted by Crippen LogP contribution is -2.40. The van der Waals surface area contributed by atoms with Gasteiger partial charge in [-0.15, -0.1) is 0 Å². The molecule has 198 valence electrons. The van der Waals surface area contributed by atoms with Crippen molar-refractivity contribution in [2.45, 2.75) is 70.9 Å². The molecule has 0 radical (unpaired) electrons. The van der Waals surface area contributed by atoms with E-state index in [1.165, 1.54) is 12.0 Å². The lowest BCUT2D eigenvalue weighted by atomic mass is 10.1. The minimum Gasteiger partial charge on any atom is -0.458 e. The average molecular weight is 497 g/mol. The number of hydrogen-bond acceptors (Lipinski definition) is 7. The number of para-hydroxylation sites is 1. The number of nitrogens with one attached hydrogen (secondary N) is 2. The van der Waals surface area contributed by atoms with Crippen LogP contribution in [0.15, 0.2) is 42.5 Å². The standard InChI is InChI=1S/C29H44N4O3/c1-29(2,3)36-28(34)26(31-24-12-6-5-7-13-24)17-20-33(21-22-35-4)19-9-8-14-25-16-15-23-11-10-18-30-27(23)32-25/h5-7,12-13,15-16,26,31H,8-11,14,17-22H2,1-4H3,(H,30,32). The molecule has 1 atom stereocenters. The first-order valence-corrected chi connectivity index (χ1v) is 13.3. The van der Waals surface area contributed by atoms with E-state index in [4.69, 9.17) is 14.5 Å². The Morgan fingerprint density at radius 1 is 1.11 bits per heavy atom. The van der Waals surface area contributed by atoms with Gasteiger partial charge in [0.25, 0.3) is 0 Å². The smallest absolute Gasteiger partial charge is 0.329 e. The third-order valence-electron chi connectivity index (χ3n) is 6.26. The lowest BCUT2D eigenvalue weighted by Gasteiger charge is -2.28. The Kier molecular flexibility index (Phi) is 11.0. The summed E-state index contributed by atoms with van der Waals surface area (Å²) in [7, 11) is 1.73. The van der Waals surface area contributed by atoms with E-state index in [0.29, 0.717) is 13.0 Å². The largest absolute Gasteiger partial charge is 0.458 e. The quantitative estimate of drug-likeness (QED) is 0.284. The number of nitrogens with zero attached hydrogens (tertiary/aromatic N) is 2. The number of pyridine rings is 1. The first-order chi connectivity index (χ1) is 17.3. The Bertz CT molecular complexity index is 930. The van der Waals surface area contributed by atoms with Crippen molar-refractivity contribution in [1.82, 2.24) is 9.88 Å². The zero-order valence-electron chi connectivity index (χ0n) is 22.5. The van der Waals surface area contributed by atoms with Crippen molar-refractivity contribution < 1.29 is 14.3 Å². The molecule has 2 heterocycles. The van der Waals surface area contributed by atoms with Gasteiger partial charge in [-0.3, -0.25) is 0 Å². The molecule has 3 rings (SSSR count). The number of fused-ring (bicyclic) bond motifs is 1. The highest BCUT2D eigenvalue weighted by molar-refractivity contribution is 5.79. The summed E-state index contributed by atoms with van der Waals surface area (Å²) in [6.07, 6.45) is 6.08. The molecule has 0 spiro atoms. The van der Waals surface area contributed by atoms with E-state index in [1.54, 1.807) is 7.11 Å². The number of anilines is 2. The second-order valence-corrected chi connectivity index (χ2v) is 10.5. The van der Waals surface area contributed by atoms with Gasteiger partial charge in [-0.25, -0.2) is 9.78 Å². The lowest BCUT2D eigenvalue weighted by molar-refractivity contribution is -0.156. The second-order valence-electron chi connectivity index (χ2n) is 10.5. The van der Waals surface area contributed by atoms with E-state index in [9.17, 15) is 4.79 Å². The van der Waals surface area contributed by atoms with Crippen LogP contribution in [-0.4, -0.2) is 67.4 Å². The summed E-state index contributed by atoms with van der Waals surface area (Å²) in [5, 5.41) is 6.81. The van der Waals surface area contributed by atoms with Gasteiger partial charge in [0, 0.05) is 38.1 Å². The number of methoxy groups -OCH3 is 1. The molecule has 0 saturated heterocycles. The number of hydrogen-bond donors (Lipinski definition) is 2. The molecular formula is C29H44N4O3. The SMILES string of the molecule is COCCN(CCCCc1ccc2c(n1)NCCC2)CCC(Nc1ccccc1)C(=O)OC(C)(C)C. The molecule has 0 bridgehead atoms. The first kappa shape index (κ1) is 27.9.